The lowest BCUT2D eigenvalue weighted by atomic mass is 9.78. The van der Waals surface area contributed by atoms with Crippen molar-refractivity contribution in [1.29, 1.82) is 0 Å². The van der Waals surface area contributed by atoms with Crippen LogP contribution in [0.5, 0.6) is 0 Å². The summed E-state index contributed by atoms with van der Waals surface area (Å²) in [6.45, 7) is 17.9. The second-order valence-electron chi connectivity index (χ2n) is 9.50. The van der Waals surface area contributed by atoms with Crippen LogP contribution in [0, 0.1) is 5.41 Å². The van der Waals surface area contributed by atoms with Crippen LogP contribution in [0.2, 0.25) is 0 Å². The molecular weight excluding hydrogens is 472 g/mol. The molecule has 1 aromatic heterocycles. The molecule has 0 saturated carbocycles. The maximum absolute atomic E-state index is 9.47. The number of benzene rings is 3. The second kappa shape index (κ2) is 13.7. The number of fused-ring (bicyclic) bond motifs is 1. The van der Waals surface area contributed by atoms with Crippen LogP contribution in [-0.2, 0) is 0 Å². The van der Waals surface area contributed by atoms with Gasteiger partial charge in [-0.3, -0.25) is 0 Å². The highest BCUT2D eigenvalue weighted by Gasteiger charge is 2.31. The Balaban J connectivity index is 0.000000311. The fourth-order valence-electron chi connectivity index (χ4n) is 3.15. The molecule has 3 aromatic carbocycles. The molecule has 0 spiro atoms. The molecule has 0 atom stereocenters. The van der Waals surface area contributed by atoms with Gasteiger partial charge in [-0.2, -0.15) is 0 Å². The molecule has 1 N–H and O–H groups in total. The molecule has 0 aliphatic heterocycles. The van der Waals surface area contributed by atoms with Crippen LogP contribution < -0.4 is 0 Å². The number of nitrogens with zero attached hydrogens (tertiary/aromatic N) is 2. The summed E-state index contributed by atoms with van der Waals surface area (Å²) in [5.41, 5.74) is 3.18. The first kappa shape index (κ1) is 29.8. The molecule has 0 unspecified atom stereocenters. The van der Waals surface area contributed by atoms with Gasteiger partial charge in [0.1, 0.15) is 11.4 Å². The van der Waals surface area contributed by atoms with Gasteiger partial charge in [-0.25, -0.2) is 0 Å². The van der Waals surface area contributed by atoms with Crippen molar-refractivity contribution in [3.8, 4) is 22.5 Å². The molecule has 4 aromatic rings. The Morgan fingerprint density at radius 1 is 0.703 bits per heavy atom. The molecule has 4 rings (SSSR count). The van der Waals surface area contributed by atoms with Crippen LogP contribution in [0.15, 0.2) is 122 Å². The zero-order valence-corrected chi connectivity index (χ0v) is 23.4. The minimum atomic E-state index is -0.672. The Labute approximate surface area is 226 Å². The third kappa shape index (κ3) is 8.01. The van der Waals surface area contributed by atoms with Crippen molar-refractivity contribution >= 4 is 22.5 Å². The van der Waals surface area contributed by atoms with Crippen LogP contribution in [0.4, 0.5) is 0 Å². The molecule has 0 aliphatic rings. The topological polar surface area (TPSA) is 46.0 Å². The number of aliphatic hydroxyl groups is 1. The number of allylic oxidation sites excluding steroid dienone is 2. The molecule has 0 radical (unpaired) electrons. The third-order valence-corrected chi connectivity index (χ3v) is 7.06. The van der Waals surface area contributed by atoms with Crippen molar-refractivity contribution in [2.24, 2.45) is 5.41 Å². The van der Waals surface area contributed by atoms with Crippen LogP contribution in [-0.4, -0.2) is 27.2 Å². The van der Waals surface area contributed by atoms with E-state index in [-0.39, 0.29) is 5.41 Å². The lowest BCUT2D eigenvalue weighted by Crippen LogP contribution is -2.36. The summed E-state index contributed by atoms with van der Waals surface area (Å²) in [5.74, 6) is 0. The predicted octanol–water partition coefficient (Wildman–Crippen LogP) is 9.01. The fraction of sp³-hybridized carbons (Fsp3) is 0.212. The van der Waals surface area contributed by atoms with Crippen LogP contribution in [0.25, 0.3) is 33.3 Å². The van der Waals surface area contributed by atoms with Gasteiger partial charge in [0.25, 0.3) is 0 Å². The molecular formula is C33H38N2OS. The van der Waals surface area contributed by atoms with Crippen LogP contribution >= 0.6 is 11.8 Å². The van der Waals surface area contributed by atoms with Crippen LogP contribution in [0.3, 0.4) is 0 Å². The molecule has 192 valence electrons. The average Bonchev–Trinajstić information content (AvgIpc) is 2.92. The van der Waals surface area contributed by atoms with E-state index >= 15 is 0 Å². The SMILES string of the molecule is C=CC(C)(C)C(C)(C)O.C=CC=C.CSc1cccc(-c2nnc(-c3ccccc3)c3ccccc23)c1. The number of thioether (sulfide) groups is 1. The zero-order valence-electron chi connectivity index (χ0n) is 22.6. The van der Waals surface area contributed by atoms with Crippen molar-refractivity contribution in [2.45, 2.75) is 38.2 Å². The van der Waals surface area contributed by atoms with E-state index in [9.17, 15) is 5.11 Å². The molecule has 0 aliphatic carbocycles. The Morgan fingerprint density at radius 2 is 1.19 bits per heavy atom. The minimum Gasteiger partial charge on any atom is -0.390 e. The maximum Gasteiger partial charge on any atom is 0.101 e. The van der Waals surface area contributed by atoms with E-state index in [2.05, 4.69) is 96.9 Å². The first-order chi connectivity index (χ1) is 17.6. The van der Waals surface area contributed by atoms with Crippen molar-refractivity contribution in [2.75, 3.05) is 6.26 Å². The molecule has 3 nitrogen and oxygen atoms in total. The number of hydrogen-bond acceptors (Lipinski definition) is 4. The maximum atomic E-state index is 9.47. The van der Waals surface area contributed by atoms with Gasteiger partial charge in [0.2, 0.25) is 0 Å². The molecule has 37 heavy (non-hydrogen) atoms. The highest BCUT2D eigenvalue weighted by molar-refractivity contribution is 7.98. The molecule has 1 heterocycles. The Morgan fingerprint density at radius 3 is 1.62 bits per heavy atom. The van der Waals surface area contributed by atoms with Crippen LogP contribution in [0.1, 0.15) is 27.7 Å². The normalized spacial score (nSPS) is 10.9. The molecule has 0 fully saturated rings. The summed E-state index contributed by atoms with van der Waals surface area (Å²) in [6, 6.07) is 27.0. The van der Waals surface area contributed by atoms with E-state index in [1.165, 1.54) is 4.90 Å². The lowest BCUT2D eigenvalue weighted by Gasteiger charge is -2.34. The fourth-order valence-corrected chi connectivity index (χ4v) is 3.61. The predicted molar refractivity (Wildman–Crippen MR) is 163 cm³/mol. The average molecular weight is 511 g/mol. The van der Waals surface area contributed by atoms with E-state index in [0.717, 1.165) is 33.3 Å². The van der Waals surface area contributed by atoms with E-state index in [1.807, 2.05) is 32.0 Å². The number of rotatable bonds is 6. The summed E-state index contributed by atoms with van der Waals surface area (Å²) in [5, 5.41) is 20.9. The minimum absolute atomic E-state index is 0.201. The summed E-state index contributed by atoms with van der Waals surface area (Å²) in [4.78, 5) is 1.23. The van der Waals surface area contributed by atoms with Gasteiger partial charge >= 0.3 is 0 Å². The van der Waals surface area contributed by atoms with Gasteiger partial charge in [0, 0.05) is 32.2 Å². The monoisotopic (exact) mass is 510 g/mol. The highest BCUT2D eigenvalue weighted by atomic mass is 32.2. The van der Waals surface area contributed by atoms with E-state index < -0.39 is 5.60 Å². The van der Waals surface area contributed by atoms with Crippen molar-refractivity contribution < 1.29 is 5.11 Å². The van der Waals surface area contributed by atoms with Gasteiger partial charge in [0.05, 0.1) is 5.60 Å². The quantitative estimate of drug-likeness (QED) is 0.160. The van der Waals surface area contributed by atoms with Gasteiger partial charge < -0.3 is 5.11 Å². The van der Waals surface area contributed by atoms with E-state index in [1.54, 1.807) is 43.8 Å². The van der Waals surface area contributed by atoms with Gasteiger partial charge in [-0.1, -0.05) is 112 Å². The van der Waals surface area contributed by atoms with Crippen molar-refractivity contribution in [3.63, 3.8) is 0 Å². The smallest absolute Gasteiger partial charge is 0.101 e. The summed E-state index contributed by atoms with van der Waals surface area (Å²) in [7, 11) is 0. The Bertz CT molecular complexity index is 1320. The van der Waals surface area contributed by atoms with Crippen molar-refractivity contribution in [3.05, 3.63) is 117 Å². The second-order valence-corrected chi connectivity index (χ2v) is 10.4. The van der Waals surface area contributed by atoms with Gasteiger partial charge in [0.15, 0.2) is 0 Å². The van der Waals surface area contributed by atoms with E-state index in [4.69, 9.17) is 0 Å². The summed E-state index contributed by atoms with van der Waals surface area (Å²) >= 11 is 1.73. The third-order valence-electron chi connectivity index (χ3n) is 6.33. The summed E-state index contributed by atoms with van der Waals surface area (Å²) < 4.78 is 0. The van der Waals surface area contributed by atoms with E-state index in [0.29, 0.717) is 0 Å². The zero-order chi connectivity index (χ0) is 27.5. The van der Waals surface area contributed by atoms with Gasteiger partial charge in [-0.15, -0.1) is 28.5 Å². The molecule has 4 heteroatoms. The number of hydrogen-bond donors (Lipinski definition) is 1. The molecule has 0 bridgehead atoms. The largest absolute Gasteiger partial charge is 0.390 e. The lowest BCUT2D eigenvalue weighted by molar-refractivity contribution is -0.00719. The van der Waals surface area contributed by atoms with Gasteiger partial charge in [-0.05, 0) is 32.2 Å². The first-order valence-electron chi connectivity index (χ1n) is 12.1. The Kier molecular flexibility index (Phi) is 11.0. The summed E-state index contributed by atoms with van der Waals surface area (Å²) in [6.07, 6.45) is 7.13. The number of aromatic nitrogens is 2. The standard InChI is InChI=1S/C21H16N2S.C8H16O.C4H6/c1-24-17-11-7-10-16(14-17)21-19-13-6-5-12-18(19)20(22-23-21)15-8-3-2-4-9-15;1-6-7(2,3)8(4,5)9;1-3-4-2/h2-14H,1H3;6,9H,1H2,2-5H3;3-4H,1-2H2. The first-order valence-corrected chi connectivity index (χ1v) is 13.4. The Hall–Kier alpha value is -3.47. The highest BCUT2D eigenvalue weighted by Crippen LogP contribution is 2.33. The molecule has 0 saturated heterocycles. The molecule has 0 amide bonds. The van der Waals surface area contributed by atoms with Crippen molar-refractivity contribution in [1.82, 2.24) is 10.2 Å².